The third-order valence-corrected chi connectivity index (χ3v) is 10.8. The summed E-state index contributed by atoms with van der Waals surface area (Å²) < 4.78 is 16.8. The summed E-state index contributed by atoms with van der Waals surface area (Å²) in [5.41, 5.74) is -9.88. The number of aromatic hydroxyl groups is 3. The molecule has 5 aliphatic carbocycles. The van der Waals surface area contributed by atoms with Crippen molar-refractivity contribution in [2.24, 2.45) is 5.41 Å². The highest BCUT2D eigenvalue weighted by atomic mass is 35.5. The van der Waals surface area contributed by atoms with Crippen LogP contribution in [-0.2, 0) is 30.3 Å². The van der Waals surface area contributed by atoms with Crippen molar-refractivity contribution in [1.82, 2.24) is 0 Å². The third-order valence-electron chi connectivity index (χ3n) is 10.4. The van der Waals surface area contributed by atoms with Gasteiger partial charge in [0, 0.05) is 12.0 Å². The lowest BCUT2D eigenvalue weighted by molar-refractivity contribution is -0.169. The van der Waals surface area contributed by atoms with E-state index in [9.17, 15) is 54.9 Å². The Kier molecular flexibility index (Phi) is 5.38. The molecule has 2 heterocycles. The Morgan fingerprint density at radius 2 is 1.67 bits per heavy atom. The maximum Gasteiger partial charge on any atom is 0.358 e. The molecule has 4 unspecified atom stereocenters. The van der Waals surface area contributed by atoms with Crippen LogP contribution in [0.1, 0.15) is 51.4 Å². The van der Waals surface area contributed by atoms with E-state index < -0.39 is 138 Å². The third kappa shape index (κ3) is 2.82. The molecule has 2 bridgehead atoms. The van der Waals surface area contributed by atoms with E-state index in [1.54, 1.807) is 0 Å². The lowest BCUT2D eigenvalue weighted by atomic mass is 9.56. The van der Waals surface area contributed by atoms with Crippen LogP contribution in [0.4, 0.5) is 0 Å². The van der Waals surface area contributed by atoms with Gasteiger partial charge >= 0.3 is 5.97 Å². The smallest absolute Gasteiger partial charge is 0.358 e. The number of fused-ring (bicyclic) bond motifs is 3. The normalized spacial score (nSPS) is 33.2. The fourth-order valence-corrected chi connectivity index (χ4v) is 8.69. The lowest BCUT2D eigenvalue weighted by Gasteiger charge is -2.43. The highest BCUT2D eigenvalue weighted by Crippen LogP contribution is 2.72. The number of carbonyl (C=O) groups is 4. The molecule has 238 valence electrons. The van der Waals surface area contributed by atoms with Crippen molar-refractivity contribution in [3.63, 3.8) is 0 Å². The maximum atomic E-state index is 14.5. The molecular weight excluding hydrogens is 632 g/mol. The van der Waals surface area contributed by atoms with Gasteiger partial charge in [0.2, 0.25) is 0 Å². The number of hydrogen-bond donors (Lipinski definition) is 7. The van der Waals surface area contributed by atoms with Crippen LogP contribution in [0.3, 0.4) is 0 Å². The predicted octanol–water partition coefficient (Wildman–Crippen LogP) is 1.26. The average molecular weight is 655 g/mol. The first-order valence-electron chi connectivity index (χ1n) is 14.1. The molecule has 7 aliphatic rings. The van der Waals surface area contributed by atoms with Gasteiger partial charge in [0.1, 0.15) is 52.1 Å². The Morgan fingerprint density at radius 3 is 2.33 bits per heavy atom. The molecule has 7 N–H and O–H groups in total. The van der Waals surface area contributed by atoms with Crippen molar-refractivity contribution < 1.29 is 69.1 Å². The standard InChI is InChI=1S/C31H23ClO14/c1-44-28(43)31-12(37)5-4-11(36)17(31)23(40)16-21(38)13-8(20(32)25(16)45-31)6-29-19(24(41)18(13)30(7-33)27(29)46-30)22(39)14-9(34)2-3-10(35)15(14)26(29)42/h2-3,12,18,27,33-35,37-40H,4-7H2,1H3/t12-,18?,27?,29?,30?,31+/m0/s1. The van der Waals surface area contributed by atoms with E-state index in [4.69, 9.17) is 25.8 Å². The van der Waals surface area contributed by atoms with Gasteiger partial charge in [-0.15, -0.1) is 0 Å². The molecule has 1 saturated heterocycles. The van der Waals surface area contributed by atoms with Crippen LogP contribution in [0.5, 0.6) is 23.0 Å². The molecule has 2 saturated carbocycles. The fraction of sp³-hybridized carbons (Fsp3) is 0.355. The molecule has 0 amide bonds. The molecule has 0 radical (unpaired) electrons. The molecule has 2 aliphatic heterocycles. The van der Waals surface area contributed by atoms with Crippen LogP contribution < -0.4 is 4.74 Å². The van der Waals surface area contributed by atoms with E-state index in [2.05, 4.69) is 0 Å². The van der Waals surface area contributed by atoms with Crippen LogP contribution in [0.25, 0.3) is 11.5 Å². The Hall–Kier alpha value is -4.63. The highest BCUT2D eigenvalue weighted by molar-refractivity contribution is 6.34. The maximum absolute atomic E-state index is 14.5. The first-order chi connectivity index (χ1) is 21.8. The summed E-state index contributed by atoms with van der Waals surface area (Å²) in [6, 6.07) is 2.04. The fourth-order valence-electron chi connectivity index (χ4n) is 8.39. The quantitative estimate of drug-likeness (QED) is 0.137. The van der Waals surface area contributed by atoms with Crippen LogP contribution in [0.15, 0.2) is 23.3 Å². The van der Waals surface area contributed by atoms with Crippen LogP contribution >= 0.6 is 11.6 Å². The van der Waals surface area contributed by atoms with Gasteiger partial charge in [-0.3, -0.25) is 14.4 Å². The number of carbonyl (C=O) groups excluding carboxylic acids is 4. The van der Waals surface area contributed by atoms with Gasteiger partial charge < -0.3 is 50.0 Å². The summed E-state index contributed by atoms with van der Waals surface area (Å²) in [5, 5.41) is 77.5. The number of rotatable bonds is 2. The Labute approximate surface area is 262 Å². The first kappa shape index (κ1) is 28.8. The number of Topliss-reactive ketones (excluding diaryl/α,β-unsaturated/α-hetero) is 3. The van der Waals surface area contributed by atoms with Crippen molar-refractivity contribution >= 4 is 46.4 Å². The number of esters is 1. The number of phenols is 3. The van der Waals surface area contributed by atoms with Gasteiger partial charge in [-0.2, -0.15) is 0 Å². The molecule has 0 aromatic heterocycles. The molecule has 3 fully saturated rings. The van der Waals surface area contributed by atoms with E-state index >= 15 is 0 Å². The minimum absolute atomic E-state index is 0.132. The molecule has 46 heavy (non-hydrogen) atoms. The highest BCUT2D eigenvalue weighted by Gasteiger charge is 2.81. The predicted molar refractivity (Wildman–Crippen MR) is 151 cm³/mol. The van der Waals surface area contributed by atoms with E-state index in [1.807, 2.05) is 0 Å². The molecule has 2 aromatic carbocycles. The second-order valence-electron chi connectivity index (χ2n) is 12.3. The molecular formula is C31H23ClO14. The second-order valence-corrected chi connectivity index (χ2v) is 12.6. The van der Waals surface area contributed by atoms with Crippen molar-refractivity contribution in [2.45, 2.75) is 48.6 Å². The number of benzene rings is 2. The molecule has 2 aromatic rings. The number of aliphatic hydroxyl groups excluding tert-OH is 4. The SMILES string of the molecule is COC(=O)[C@]12Oc3c(Cl)c4c(c(O)c3C(O)=C1C(=O)CC[C@@H]2O)C1C(=O)C2=C(O)c3c(O)ccc(O)c3C(=O)C2(C4)C2OC12CO. The zero-order chi connectivity index (χ0) is 33.0. The van der Waals surface area contributed by atoms with Crippen molar-refractivity contribution in [3.8, 4) is 23.0 Å². The van der Waals surface area contributed by atoms with Crippen molar-refractivity contribution in [3.05, 3.63) is 56.1 Å². The van der Waals surface area contributed by atoms with E-state index in [0.717, 1.165) is 19.2 Å². The summed E-state index contributed by atoms with van der Waals surface area (Å²) >= 11 is 6.92. The van der Waals surface area contributed by atoms with Crippen LogP contribution in [0.2, 0.25) is 5.02 Å². The molecule has 6 atom stereocenters. The minimum atomic E-state index is -2.59. The first-order valence-corrected chi connectivity index (χ1v) is 14.5. The number of hydrogen-bond acceptors (Lipinski definition) is 14. The van der Waals surface area contributed by atoms with Crippen LogP contribution in [-0.4, -0.2) is 96.2 Å². The topological polar surface area (TPSA) is 241 Å². The number of aliphatic hydroxyl groups is 4. The molecule has 15 heteroatoms. The number of halogens is 1. The van der Waals surface area contributed by atoms with Gasteiger partial charge in [-0.05, 0) is 30.5 Å². The summed E-state index contributed by atoms with van der Waals surface area (Å²) in [5.74, 6) is -10.1. The van der Waals surface area contributed by atoms with Gasteiger partial charge in [-0.25, -0.2) is 4.79 Å². The van der Waals surface area contributed by atoms with Crippen molar-refractivity contribution in [2.75, 3.05) is 13.7 Å². The zero-order valence-corrected chi connectivity index (χ0v) is 24.3. The Bertz CT molecular complexity index is 1990. The van der Waals surface area contributed by atoms with Gasteiger partial charge in [-0.1, -0.05) is 11.6 Å². The van der Waals surface area contributed by atoms with E-state index in [1.165, 1.54) is 0 Å². The number of epoxide rings is 1. The van der Waals surface area contributed by atoms with Crippen molar-refractivity contribution in [1.29, 1.82) is 0 Å². The number of ketones is 3. The number of phenolic OH excluding ortho intramolecular Hbond substituents is 3. The molecule has 14 nitrogen and oxygen atoms in total. The minimum Gasteiger partial charge on any atom is -0.507 e. The summed E-state index contributed by atoms with van der Waals surface area (Å²) in [6.45, 7) is -0.858. The second kappa shape index (κ2) is 8.59. The van der Waals surface area contributed by atoms with Gasteiger partial charge in [0.25, 0.3) is 5.60 Å². The van der Waals surface area contributed by atoms with E-state index in [0.29, 0.717) is 0 Å². The summed E-state index contributed by atoms with van der Waals surface area (Å²) in [4.78, 5) is 55.3. The molecule has 1 spiro atoms. The zero-order valence-electron chi connectivity index (χ0n) is 23.6. The Morgan fingerprint density at radius 1 is 1.02 bits per heavy atom. The summed E-state index contributed by atoms with van der Waals surface area (Å²) in [6.07, 6.45) is -4.19. The lowest BCUT2D eigenvalue weighted by Crippen LogP contribution is -2.61. The monoisotopic (exact) mass is 654 g/mol. The van der Waals surface area contributed by atoms with Crippen LogP contribution in [0, 0.1) is 5.41 Å². The largest absolute Gasteiger partial charge is 0.507 e. The summed E-state index contributed by atoms with van der Waals surface area (Å²) in [7, 11) is 0.968. The molecule has 9 rings (SSSR count). The number of ether oxygens (including phenoxy) is 3. The van der Waals surface area contributed by atoms with Gasteiger partial charge in [0.15, 0.2) is 23.1 Å². The van der Waals surface area contributed by atoms with E-state index in [-0.39, 0.29) is 24.0 Å². The van der Waals surface area contributed by atoms with Gasteiger partial charge in [0.05, 0.1) is 52.3 Å². The average Bonchev–Trinajstić information content (AvgIpc) is 3.80. The Balaban J connectivity index is 1.47. The number of methoxy groups -OCH3 is 1.